The molecule has 40 heavy (non-hydrogen) atoms. The Morgan fingerprint density at radius 3 is 2.20 bits per heavy atom. The fourth-order valence-corrected chi connectivity index (χ4v) is 5.61. The average Bonchev–Trinajstić information content (AvgIpc) is 2.89. The fraction of sp³-hybridized carbons (Fsp3) is 0.333. The number of rotatable bonds is 12. The number of nitrogens with one attached hydrogen (secondary N) is 1. The first-order valence-corrected chi connectivity index (χ1v) is 15.6. The Bertz CT molecular complexity index is 1430. The van der Waals surface area contributed by atoms with Crippen molar-refractivity contribution in [3.63, 3.8) is 0 Å². The summed E-state index contributed by atoms with van der Waals surface area (Å²) < 4.78 is 26.9. The van der Waals surface area contributed by atoms with Gasteiger partial charge in [-0.15, -0.1) is 0 Å². The second-order valence-corrected chi connectivity index (χ2v) is 12.9. The lowest BCUT2D eigenvalue weighted by Crippen LogP contribution is -2.53. The molecule has 0 aliphatic heterocycles. The Kier molecular flexibility index (Phi) is 11.0. The van der Waals surface area contributed by atoms with Crippen LogP contribution < -0.4 is 9.62 Å². The summed E-state index contributed by atoms with van der Waals surface area (Å²) in [4.78, 5) is 29.2. The highest BCUT2D eigenvalue weighted by Gasteiger charge is 2.33. The molecule has 0 heterocycles. The molecule has 0 spiro atoms. The van der Waals surface area contributed by atoms with Crippen LogP contribution in [0, 0.1) is 12.8 Å². The lowest BCUT2D eigenvalue weighted by atomic mass is 10.0. The number of carbonyl (C=O) groups excluding carboxylic acids is 2. The molecule has 0 saturated heterocycles. The SMILES string of the molecule is Cc1cc(Cl)ccc1N(CC(=O)N(Cc1ccccc1Cl)[C@H](Cc1ccccc1)C(=O)NCC(C)C)S(C)(=O)=O. The highest BCUT2D eigenvalue weighted by molar-refractivity contribution is 7.92. The lowest BCUT2D eigenvalue weighted by Gasteiger charge is -2.34. The number of hydrogen-bond donors (Lipinski definition) is 1. The molecule has 3 rings (SSSR count). The zero-order valence-electron chi connectivity index (χ0n) is 23.1. The molecule has 0 aromatic heterocycles. The van der Waals surface area contributed by atoms with E-state index in [1.165, 1.54) is 4.90 Å². The van der Waals surface area contributed by atoms with Gasteiger partial charge in [0.05, 0.1) is 11.9 Å². The number of aryl methyl sites for hydroxylation is 1. The Morgan fingerprint density at radius 1 is 0.950 bits per heavy atom. The summed E-state index contributed by atoms with van der Waals surface area (Å²) in [5.74, 6) is -0.672. The van der Waals surface area contributed by atoms with Crippen LogP contribution in [0.15, 0.2) is 72.8 Å². The molecule has 10 heteroatoms. The summed E-state index contributed by atoms with van der Waals surface area (Å²) in [5.41, 5.74) is 2.43. The maximum Gasteiger partial charge on any atom is 0.244 e. The Morgan fingerprint density at radius 2 is 1.60 bits per heavy atom. The van der Waals surface area contributed by atoms with Crippen molar-refractivity contribution >= 4 is 50.7 Å². The molecule has 1 atom stereocenters. The van der Waals surface area contributed by atoms with Crippen molar-refractivity contribution in [3.05, 3.63) is 99.5 Å². The number of sulfonamides is 1. The van der Waals surface area contributed by atoms with E-state index in [4.69, 9.17) is 23.2 Å². The van der Waals surface area contributed by atoms with E-state index < -0.39 is 28.5 Å². The Hall–Kier alpha value is -3.07. The quantitative estimate of drug-likeness (QED) is 0.297. The van der Waals surface area contributed by atoms with Crippen molar-refractivity contribution < 1.29 is 18.0 Å². The molecule has 0 radical (unpaired) electrons. The number of carbonyl (C=O) groups is 2. The van der Waals surface area contributed by atoms with E-state index in [1.807, 2.05) is 44.2 Å². The van der Waals surface area contributed by atoms with Gasteiger partial charge in [-0.25, -0.2) is 8.42 Å². The smallest absolute Gasteiger partial charge is 0.244 e. The molecule has 7 nitrogen and oxygen atoms in total. The molecule has 0 aliphatic rings. The van der Waals surface area contributed by atoms with Crippen LogP contribution in [0.3, 0.4) is 0 Å². The standard InChI is InChI=1S/C30H35Cl2N3O4S/c1-21(2)18-33-30(37)28(17-23-10-6-5-7-11-23)34(19-24-12-8-9-13-26(24)32)29(36)20-35(40(4,38)39)27-15-14-25(31)16-22(27)3/h5-16,21,28H,17-20H2,1-4H3,(H,33,37)/t28-/m1/s1. The number of hydrogen-bond acceptors (Lipinski definition) is 4. The third-order valence-corrected chi connectivity index (χ3v) is 8.09. The van der Waals surface area contributed by atoms with Gasteiger partial charge in [-0.05, 0) is 53.8 Å². The average molecular weight is 605 g/mol. The fourth-order valence-electron chi connectivity index (χ4n) is 4.28. The highest BCUT2D eigenvalue weighted by atomic mass is 35.5. The summed E-state index contributed by atoms with van der Waals surface area (Å²) in [6, 6.07) is 20.3. The Balaban J connectivity index is 2.08. The Labute approximate surface area is 247 Å². The van der Waals surface area contributed by atoms with Crippen molar-refractivity contribution in [2.75, 3.05) is 23.7 Å². The second-order valence-electron chi connectivity index (χ2n) is 10.2. The first kappa shape index (κ1) is 31.5. The zero-order chi connectivity index (χ0) is 29.4. The van der Waals surface area contributed by atoms with Crippen LogP contribution in [-0.4, -0.2) is 50.5 Å². The minimum absolute atomic E-state index is 0.0162. The van der Waals surface area contributed by atoms with Gasteiger partial charge in [0.2, 0.25) is 21.8 Å². The van der Waals surface area contributed by atoms with Gasteiger partial charge < -0.3 is 10.2 Å². The van der Waals surface area contributed by atoms with Crippen LogP contribution in [0.5, 0.6) is 0 Å². The molecule has 1 N–H and O–H groups in total. The maximum absolute atomic E-state index is 14.1. The monoisotopic (exact) mass is 603 g/mol. The number of amides is 2. The molecule has 0 fully saturated rings. The number of halogens is 2. The summed E-state index contributed by atoms with van der Waals surface area (Å²) in [5, 5.41) is 3.85. The van der Waals surface area contributed by atoms with Gasteiger partial charge in [-0.3, -0.25) is 13.9 Å². The molecule has 0 unspecified atom stereocenters. The molecule has 3 aromatic rings. The van der Waals surface area contributed by atoms with Crippen LogP contribution in [0.25, 0.3) is 0 Å². The summed E-state index contributed by atoms with van der Waals surface area (Å²) in [6.45, 7) is 5.63. The molecule has 0 aliphatic carbocycles. The van der Waals surface area contributed by atoms with E-state index >= 15 is 0 Å². The molecular formula is C30H35Cl2N3O4S. The predicted molar refractivity (Wildman–Crippen MR) is 162 cm³/mol. The van der Waals surface area contributed by atoms with Crippen LogP contribution in [0.2, 0.25) is 10.0 Å². The van der Waals surface area contributed by atoms with E-state index in [2.05, 4.69) is 5.32 Å². The van der Waals surface area contributed by atoms with Crippen LogP contribution in [0.1, 0.15) is 30.5 Å². The van der Waals surface area contributed by atoms with Crippen molar-refractivity contribution in [1.82, 2.24) is 10.2 Å². The molecule has 0 bridgehead atoms. The minimum atomic E-state index is -3.87. The number of nitrogens with zero attached hydrogens (tertiary/aromatic N) is 2. The van der Waals surface area contributed by atoms with Crippen LogP contribution in [-0.2, 0) is 32.6 Å². The predicted octanol–water partition coefficient (Wildman–Crippen LogP) is 5.48. The van der Waals surface area contributed by atoms with Gasteiger partial charge in [-0.1, -0.05) is 85.6 Å². The summed E-state index contributed by atoms with van der Waals surface area (Å²) >= 11 is 12.6. The summed E-state index contributed by atoms with van der Waals surface area (Å²) in [6.07, 6.45) is 1.28. The maximum atomic E-state index is 14.1. The van der Waals surface area contributed by atoms with E-state index in [-0.39, 0.29) is 24.8 Å². The lowest BCUT2D eigenvalue weighted by molar-refractivity contribution is -0.140. The van der Waals surface area contributed by atoms with Gasteiger partial charge in [0.15, 0.2) is 0 Å². The van der Waals surface area contributed by atoms with Gasteiger partial charge >= 0.3 is 0 Å². The molecule has 0 saturated carbocycles. The number of benzene rings is 3. The zero-order valence-corrected chi connectivity index (χ0v) is 25.4. The van der Waals surface area contributed by atoms with Gasteiger partial charge in [0, 0.05) is 29.6 Å². The van der Waals surface area contributed by atoms with Crippen LogP contribution in [0.4, 0.5) is 5.69 Å². The van der Waals surface area contributed by atoms with Crippen molar-refractivity contribution in [3.8, 4) is 0 Å². The topological polar surface area (TPSA) is 86.8 Å². The van der Waals surface area contributed by atoms with Crippen molar-refractivity contribution in [1.29, 1.82) is 0 Å². The normalized spacial score (nSPS) is 12.2. The van der Waals surface area contributed by atoms with Gasteiger partial charge in [-0.2, -0.15) is 0 Å². The van der Waals surface area contributed by atoms with E-state index in [9.17, 15) is 18.0 Å². The van der Waals surface area contributed by atoms with E-state index in [1.54, 1.807) is 49.4 Å². The second kappa shape index (κ2) is 14.0. The molecule has 2 amide bonds. The van der Waals surface area contributed by atoms with Crippen molar-refractivity contribution in [2.45, 2.75) is 39.8 Å². The molecule has 214 valence electrons. The van der Waals surface area contributed by atoms with E-state index in [0.717, 1.165) is 16.1 Å². The molecular weight excluding hydrogens is 569 g/mol. The van der Waals surface area contributed by atoms with Gasteiger partial charge in [0.25, 0.3) is 0 Å². The van der Waals surface area contributed by atoms with Crippen LogP contribution >= 0.6 is 23.2 Å². The number of anilines is 1. The molecule has 3 aromatic carbocycles. The third-order valence-electron chi connectivity index (χ3n) is 6.36. The minimum Gasteiger partial charge on any atom is -0.354 e. The third kappa shape index (κ3) is 8.71. The summed E-state index contributed by atoms with van der Waals surface area (Å²) in [7, 11) is -3.87. The first-order chi connectivity index (χ1) is 18.9. The van der Waals surface area contributed by atoms with E-state index in [0.29, 0.717) is 33.4 Å². The van der Waals surface area contributed by atoms with Crippen molar-refractivity contribution in [2.24, 2.45) is 5.92 Å². The highest BCUT2D eigenvalue weighted by Crippen LogP contribution is 2.27. The largest absolute Gasteiger partial charge is 0.354 e. The van der Waals surface area contributed by atoms with Gasteiger partial charge in [0.1, 0.15) is 12.6 Å². The first-order valence-electron chi connectivity index (χ1n) is 12.9.